The van der Waals surface area contributed by atoms with Gasteiger partial charge in [-0.1, -0.05) is 67.6 Å². The number of nitrogens with one attached hydrogen (secondary N) is 1. The third-order valence-corrected chi connectivity index (χ3v) is 7.59. The molecule has 2 heterocycles. The van der Waals surface area contributed by atoms with Crippen LogP contribution in [0.3, 0.4) is 0 Å². The van der Waals surface area contributed by atoms with Crippen molar-refractivity contribution in [1.29, 1.82) is 0 Å². The molecule has 1 fully saturated rings. The Bertz CT molecular complexity index is 1110. The molecular weight excluding hydrogens is 430 g/mol. The molecule has 0 aliphatic carbocycles. The summed E-state index contributed by atoms with van der Waals surface area (Å²) in [6.45, 7) is 9.30. The van der Waals surface area contributed by atoms with Crippen molar-refractivity contribution in [1.82, 2.24) is 15.1 Å². The zero-order chi connectivity index (χ0) is 24.0. The van der Waals surface area contributed by atoms with Crippen LogP contribution in [-0.4, -0.2) is 35.3 Å². The van der Waals surface area contributed by atoms with Crippen LogP contribution in [0.25, 0.3) is 0 Å². The number of hydrogen-bond acceptors (Lipinski definition) is 3. The summed E-state index contributed by atoms with van der Waals surface area (Å²) in [5.41, 5.74) is 7.39. The van der Waals surface area contributed by atoms with Gasteiger partial charge in [-0.25, -0.2) is 0 Å². The normalized spacial score (nSPS) is 17.2. The van der Waals surface area contributed by atoms with E-state index >= 15 is 0 Å². The number of benzene rings is 3. The van der Waals surface area contributed by atoms with Gasteiger partial charge in [0, 0.05) is 38.3 Å². The van der Waals surface area contributed by atoms with Crippen molar-refractivity contribution >= 4 is 5.91 Å². The maximum absolute atomic E-state index is 12.7. The molecule has 2 aliphatic heterocycles. The Morgan fingerprint density at radius 2 is 1.37 bits per heavy atom. The van der Waals surface area contributed by atoms with Crippen LogP contribution in [0.2, 0.25) is 0 Å². The smallest absolute Gasteiger partial charge is 0.251 e. The van der Waals surface area contributed by atoms with E-state index in [-0.39, 0.29) is 5.91 Å². The molecule has 1 N–H and O–H groups in total. The number of nitrogens with zero attached hydrogens (tertiary/aromatic N) is 2. The first-order valence-electron chi connectivity index (χ1n) is 13.1. The van der Waals surface area contributed by atoms with Gasteiger partial charge in [0.25, 0.3) is 5.91 Å². The number of hydrogen-bond donors (Lipinski definition) is 1. The predicted molar refractivity (Wildman–Crippen MR) is 142 cm³/mol. The first-order chi connectivity index (χ1) is 17.1. The lowest BCUT2D eigenvalue weighted by atomic mass is 9.99. The summed E-state index contributed by atoms with van der Waals surface area (Å²) >= 11 is 0. The average Bonchev–Trinajstić information content (AvgIpc) is 2.90. The fraction of sp³-hybridized carbons (Fsp3) is 0.387. The molecule has 4 nitrogen and oxygen atoms in total. The maximum Gasteiger partial charge on any atom is 0.251 e. The average molecular weight is 468 g/mol. The molecule has 4 heteroatoms. The van der Waals surface area contributed by atoms with E-state index in [9.17, 15) is 4.79 Å². The molecule has 0 atom stereocenters. The molecule has 0 aromatic heterocycles. The van der Waals surface area contributed by atoms with E-state index in [2.05, 4.69) is 82.7 Å². The molecule has 0 unspecified atom stereocenters. The number of carbonyl (C=O) groups excluding carboxylic acids is 1. The van der Waals surface area contributed by atoms with E-state index in [0.717, 1.165) is 49.6 Å². The van der Waals surface area contributed by atoms with E-state index in [1.54, 1.807) is 0 Å². The summed E-state index contributed by atoms with van der Waals surface area (Å²) in [4.78, 5) is 17.7. The van der Waals surface area contributed by atoms with Crippen LogP contribution in [0, 0.1) is 5.92 Å². The number of fused-ring (bicyclic) bond motifs is 1. The van der Waals surface area contributed by atoms with Crippen LogP contribution in [-0.2, 0) is 32.6 Å². The Morgan fingerprint density at radius 1 is 0.771 bits per heavy atom. The van der Waals surface area contributed by atoms with E-state index in [1.165, 1.54) is 48.2 Å². The second kappa shape index (κ2) is 11.2. The zero-order valence-electron chi connectivity index (χ0n) is 20.9. The Morgan fingerprint density at radius 3 is 2.09 bits per heavy atom. The highest BCUT2D eigenvalue weighted by molar-refractivity contribution is 5.94. The van der Waals surface area contributed by atoms with Crippen molar-refractivity contribution < 1.29 is 4.79 Å². The molecule has 2 aliphatic rings. The number of carbonyl (C=O) groups is 1. The molecule has 0 saturated carbocycles. The second-order valence-electron chi connectivity index (χ2n) is 10.4. The number of rotatable bonds is 7. The minimum absolute atomic E-state index is 0.0144. The molecule has 0 radical (unpaired) electrons. The van der Waals surface area contributed by atoms with Gasteiger partial charge in [0.1, 0.15) is 0 Å². The van der Waals surface area contributed by atoms with Crippen LogP contribution in [0.4, 0.5) is 0 Å². The van der Waals surface area contributed by atoms with Gasteiger partial charge in [-0.15, -0.1) is 0 Å². The third-order valence-electron chi connectivity index (χ3n) is 7.59. The summed E-state index contributed by atoms with van der Waals surface area (Å²) in [7, 11) is 0. The van der Waals surface area contributed by atoms with Gasteiger partial charge in [0.15, 0.2) is 0 Å². The van der Waals surface area contributed by atoms with Crippen molar-refractivity contribution in [2.75, 3.05) is 19.6 Å². The minimum Gasteiger partial charge on any atom is -0.348 e. The molecule has 1 saturated heterocycles. The van der Waals surface area contributed by atoms with Gasteiger partial charge < -0.3 is 5.32 Å². The molecule has 35 heavy (non-hydrogen) atoms. The van der Waals surface area contributed by atoms with Crippen LogP contribution in [0.1, 0.15) is 57.9 Å². The van der Waals surface area contributed by atoms with Gasteiger partial charge in [-0.05, 0) is 78.2 Å². The van der Waals surface area contributed by atoms with Crippen molar-refractivity contribution in [2.24, 2.45) is 5.92 Å². The highest BCUT2D eigenvalue weighted by atomic mass is 16.1. The highest BCUT2D eigenvalue weighted by Gasteiger charge is 2.17. The van der Waals surface area contributed by atoms with Crippen molar-refractivity contribution in [3.8, 4) is 0 Å². The van der Waals surface area contributed by atoms with E-state index in [0.29, 0.717) is 6.54 Å². The number of likely N-dealkylation sites (tertiary alicyclic amines) is 1. The lowest BCUT2D eigenvalue weighted by molar-refractivity contribution is 0.0951. The Labute approximate surface area is 210 Å². The topological polar surface area (TPSA) is 35.6 Å². The van der Waals surface area contributed by atoms with Crippen LogP contribution in [0.5, 0.6) is 0 Å². The Kier molecular flexibility index (Phi) is 7.60. The summed E-state index contributed by atoms with van der Waals surface area (Å²) < 4.78 is 0. The molecule has 182 valence electrons. The zero-order valence-corrected chi connectivity index (χ0v) is 20.9. The first kappa shape index (κ1) is 23.8. The van der Waals surface area contributed by atoms with Crippen LogP contribution < -0.4 is 5.32 Å². The van der Waals surface area contributed by atoms with Gasteiger partial charge >= 0.3 is 0 Å². The highest BCUT2D eigenvalue weighted by Crippen LogP contribution is 2.21. The first-order valence-corrected chi connectivity index (χ1v) is 13.1. The lowest BCUT2D eigenvalue weighted by Crippen LogP contribution is -2.32. The summed E-state index contributed by atoms with van der Waals surface area (Å²) in [6, 6.07) is 25.5. The molecule has 3 aromatic rings. The number of amides is 1. The largest absolute Gasteiger partial charge is 0.348 e. The van der Waals surface area contributed by atoms with E-state index in [1.807, 2.05) is 12.1 Å². The molecule has 0 bridgehead atoms. The third kappa shape index (κ3) is 6.39. The Hall–Kier alpha value is -2.95. The monoisotopic (exact) mass is 467 g/mol. The molecule has 5 rings (SSSR count). The Balaban J connectivity index is 1.08. The van der Waals surface area contributed by atoms with Crippen LogP contribution in [0.15, 0.2) is 72.8 Å². The van der Waals surface area contributed by atoms with Gasteiger partial charge in [-0.2, -0.15) is 0 Å². The number of piperidine rings is 1. The molecule has 1 amide bonds. The fourth-order valence-corrected chi connectivity index (χ4v) is 5.23. The van der Waals surface area contributed by atoms with E-state index < -0.39 is 0 Å². The SMILES string of the molecule is CC1CCN(Cc2ccc(C(=O)NCc3ccc(CN4CCc5ccccc5C4)cc3)cc2)CC1. The molecule has 0 spiro atoms. The quantitative estimate of drug-likeness (QED) is 0.505. The molecule has 3 aromatic carbocycles. The molecular formula is C31H37N3O. The summed E-state index contributed by atoms with van der Waals surface area (Å²) in [5, 5.41) is 3.07. The van der Waals surface area contributed by atoms with Crippen LogP contribution >= 0.6 is 0 Å². The van der Waals surface area contributed by atoms with Gasteiger partial charge in [0.2, 0.25) is 0 Å². The summed E-state index contributed by atoms with van der Waals surface area (Å²) in [6.07, 6.45) is 3.70. The van der Waals surface area contributed by atoms with Crippen molar-refractivity contribution in [2.45, 2.75) is 52.4 Å². The summed E-state index contributed by atoms with van der Waals surface area (Å²) in [5.74, 6) is 0.834. The van der Waals surface area contributed by atoms with E-state index in [4.69, 9.17) is 0 Å². The predicted octanol–water partition coefficient (Wildman–Crippen LogP) is 5.41. The minimum atomic E-state index is -0.0144. The lowest BCUT2D eigenvalue weighted by Gasteiger charge is -2.30. The maximum atomic E-state index is 12.7. The van der Waals surface area contributed by atoms with Gasteiger partial charge in [-0.3, -0.25) is 14.6 Å². The second-order valence-corrected chi connectivity index (χ2v) is 10.4. The van der Waals surface area contributed by atoms with Gasteiger partial charge in [0.05, 0.1) is 0 Å². The van der Waals surface area contributed by atoms with Crippen molar-refractivity contribution in [3.63, 3.8) is 0 Å². The van der Waals surface area contributed by atoms with Crippen molar-refractivity contribution in [3.05, 3.63) is 106 Å². The standard InChI is InChI=1S/C31H37N3O/c1-24-14-17-33(18-15-24)21-27-10-12-29(13-11-27)31(35)32-20-25-6-8-26(9-7-25)22-34-19-16-28-4-2-3-5-30(28)23-34/h2-13,24H,14-23H2,1H3,(H,32,35). The fourth-order valence-electron chi connectivity index (χ4n) is 5.23.